The fourth-order valence-corrected chi connectivity index (χ4v) is 3.09. The Morgan fingerprint density at radius 1 is 1.19 bits per heavy atom. The molecule has 1 aromatic carbocycles. The van der Waals surface area contributed by atoms with Crippen LogP contribution in [0.2, 0.25) is 0 Å². The lowest BCUT2D eigenvalue weighted by molar-refractivity contribution is 0.257. The Morgan fingerprint density at radius 3 is 2.62 bits per heavy atom. The maximum Gasteiger partial charge on any atom is 0.234 e. The van der Waals surface area contributed by atoms with Crippen molar-refractivity contribution >= 4 is 0 Å². The zero-order chi connectivity index (χ0) is 14.7. The molecule has 1 fully saturated rings. The van der Waals surface area contributed by atoms with Gasteiger partial charge in [-0.05, 0) is 25.0 Å². The maximum absolute atomic E-state index is 13.3. The summed E-state index contributed by atoms with van der Waals surface area (Å²) in [5.74, 6) is 0.731. The van der Waals surface area contributed by atoms with Crippen LogP contribution in [0.25, 0.3) is 11.4 Å². The van der Waals surface area contributed by atoms with E-state index < -0.39 is 0 Å². The minimum atomic E-state index is -0.304. The molecule has 0 unspecified atom stereocenters. The van der Waals surface area contributed by atoms with Crippen molar-refractivity contribution in [2.24, 2.45) is 5.73 Å². The average molecular weight is 289 g/mol. The summed E-state index contributed by atoms with van der Waals surface area (Å²) in [6.07, 6.45) is 6.69. The molecule has 1 saturated carbocycles. The first-order valence-electron chi connectivity index (χ1n) is 7.54. The van der Waals surface area contributed by atoms with Gasteiger partial charge in [-0.25, -0.2) is 4.39 Å². The predicted molar refractivity (Wildman–Crippen MR) is 78.1 cm³/mol. The van der Waals surface area contributed by atoms with Crippen LogP contribution in [0.5, 0.6) is 0 Å². The van der Waals surface area contributed by atoms with Crippen LogP contribution < -0.4 is 5.73 Å². The van der Waals surface area contributed by atoms with E-state index in [1.807, 2.05) is 0 Å². The number of rotatable bonds is 3. The fourth-order valence-electron chi connectivity index (χ4n) is 3.09. The van der Waals surface area contributed by atoms with Crippen molar-refractivity contribution in [3.8, 4) is 11.4 Å². The predicted octanol–water partition coefficient (Wildman–Crippen LogP) is 3.43. The van der Waals surface area contributed by atoms with E-state index in [-0.39, 0.29) is 11.2 Å². The molecule has 0 amide bonds. The van der Waals surface area contributed by atoms with Crippen molar-refractivity contribution in [1.82, 2.24) is 10.1 Å². The topological polar surface area (TPSA) is 64.9 Å². The van der Waals surface area contributed by atoms with Crippen molar-refractivity contribution in [2.75, 3.05) is 6.54 Å². The lowest BCUT2D eigenvalue weighted by Crippen LogP contribution is -2.35. The molecule has 4 nitrogen and oxygen atoms in total. The molecule has 0 aliphatic heterocycles. The summed E-state index contributed by atoms with van der Waals surface area (Å²) in [7, 11) is 0. The van der Waals surface area contributed by atoms with Gasteiger partial charge in [0.1, 0.15) is 5.82 Å². The second-order valence-electron chi connectivity index (χ2n) is 5.83. The van der Waals surface area contributed by atoms with Crippen molar-refractivity contribution in [3.05, 3.63) is 36.0 Å². The molecule has 2 aromatic rings. The first-order valence-corrected chi connectivity index (χ1v) is 7.54. The van der Waals surface area contributed by atoms with Crippen LogP contribution in [0, 0.1) is 5.82 Å². The highest BCUT2D eigenvalue weighted by atomic mass is 19.1. The van der Waals surface area contributed by atoms with Crippen molar-refractivity contribution in [2.45, 2.75) is 43.9 Å². The van der Waals surface area contributed by atoms with Crippen LogP contribution in [0.4, 0.5) is 4.39 Å². The van der Waals surface area contributed by atoms with Gasteiger partial charge in [-0.1, -0.05) is 43.0 Å². The van der Waals surface area contributed by atoms with Gasteiger partial charge in [-0.3, -0.25) is 0 Å². The van der Waals surface area contributed by atoms with Crippen molar-refractivity contribution in [1.29, 1.82) is 0 Å². The van der Waals surface area contributed by atoms with Crippen molar-refractivity contribution < 1.29 is 8.91 Å². The third-order valence-electron chi connectivity index (χ3n) is 4.41. The standard InChI is InChI=1S/C16H20FN3O/c17-13-7-5-6-12(10-13)14-19-15(21-20-14)16(11-18)8-3-1-2-4-9-16/h5-7,10H,1-4,8-9,11,18H2. The SMILES string of the molecule is NCC1(c2nc(-c3cccc(F)c3)no2)CCCCCC1. The summed E-state index contributed by atoms with van der Waals surface area (Å²) in [5.41, 5.74) is 6.44. The highest BCUT2D eigenvalue weighted by molar-refractivity contribution is 5.54. The van der Waals surface area contributed by atoms with Gasteiger partial charge in [-0.15, -0.1) is 0 Å². The fraction of sp³-hybridized carbons (Fsp3) is 0.500. The largest absolute Gasteiger partial charge is 0.338 e. The molecule has 1 heterocycles. The second-order valence-corrected chi connectivity index (χ2v) is 5.83. The van der Waals surface area contributed by atoms with E-state index in [1.54, 1.807) is 12.1 Å². The van der Waals surface area contributed by atoms with Gasteiger partial charge in [0.2, 0.25) is 11.7 Å². The molecule has 1 aromatic heterocycles. The molecule has 1 aliphatic carbocycles. The Bertz CT molecular complexity index is 603. The molecule has 5 heteroatoms. The van der Waals surface area contributed by atoms with Gasteiger partial charge in [0.25, 0.3) is 0 Å². The van der Waals surface area contributed by atoms with E-state index in [4.69, 9.17) is 10.3 Å². The van der Waals surface area contributed by atoms with E-state index in [0.29, 0.717) is 23.8 Å². The third-order valence-corrected chi connectivity index (χ3v) is 4.41. The molecule has 0 spiro atoms. The zero-order valence-electron chi connectivity index (χ0n) is 12.0. The van der Waals surface area contributed by atoms with Crippen LogP contribution in [-0.4, -0.2) is 16.7 Å². The highest BCUT2D eigenvalue weighted by Crippen LogP contribution is 2.37. The quantitative estimate of drug-likeness (QED) is 0.879. The molecule has 0 atom stereocenters. The number of benzene rings is 1. The number of nitrogens with zero attached hydrogens (tertiary/aromatic N) is 2. The summed E-state index contributed by atoms with van der Waals surface area (Å²) in [6.45, 7) is 0.512. The van der Waals surface area contributed by atoms with Crippen LogP contribution >= 0.6 is 0 Å². The van der Waals surface area contributed by atoms with Gasteiger partial charge >= 0.3 is 0 Å². The Morgan fingerprint density at radius 2 is 1.95 bits per heavy atom. The summed E-state index contributed by atoms with van der Waals surface area (Å²) >= 11 is 0. The summed E-state index contributed by atoms with van der Waals surface area (Å²) in [4.78, 5) is 4.51. The normalized spacial score (nSPS) is 18.4. The monoisotopic (exact) mass is 289 g/mol. The Labute approximate surface area is 123 Å². The minimum absolute atomic E-state index is 0.213. The van der Waals surface area contributed by atoms with Gasteiger partial charge in [0.15, 0.2) is 0 Å². The van der Waals surface area contributed by atoms with E-state index in [9.17, 15) is 4.39 Å². The molecule has 21 heavy (non-hydrogen) atoms. The molecular formula is C16H20FN3O. The maximum atomic E-state index is 13.3. The first-order chi connectivity index (χ1) is 10.2. The third kappa shape index (κ3) is 2.83. The second kappa shape index (κ2) is 5.93. The number of nitrogens with two attached hydrogens (primary N) is 1. The van der Waals surface area contributed by atoms with Crippen molar-refractivity contribution in [3.63, 3.8) is 0 Å². The van der Waals surface area contributed by atoms with Crippen LogP contribution in [0.3, 0.4) is 0 Å². The lowest BCUT2D eigenvalue weighted by Gasteiger charge is -2.26. The van der Waals surface area contributed by atoms with Gasteiger partial charge in [-0.2, -0.15) is 4.98 Å². The molecule has 2 N–H and O–H groups in total. The molecular weight excluding hydrogens is 269 g/mol. The summed E-state index contributed by atoms with van der Waals surface area (Å²) in [5, 5.41) is 4.02. The summed E-state index contributed by atoms with van der Waals surface area (Å²) < 4.78 is 18.8. The zero-order valence-corrected chi connectivity index (χ0v) is 12.0. The Balaban J connectivity index is 1.92. The van der Waals surface area contributed by atoms with Gasteiger partial charge < -0.3 is 10.3 Å². The summed E-state index contributed by atoms with van der Waals surface area (Å²) in [6, 6.07) is 6.24. The highest BCUT2D eigenvalue weighted by Gasteiger charge is 2.37. The smallest absolute Gasteiger partial charge is 0.234 e. The van der Waals surface area contributed by atoms with Crippen LogP contribution in [0.1, 0.15) is 44.4 Å². The Hall–Kier alpha value is -1.75. The number of hydrogen-bond acceptors (Lipinski definition) is 4. The van der Waals surface area contributed by atoms with E-state index in [2.05, 4.69) is 10.1 Å². The van der Waals surface area contributed by atoms with E-state index in [0.717, 1.165) is 25.7 Å². The molecule has 1 aliphatic rings. The molecule has 3 rings (SSSR count). The van der Waals surface area contributed by atoms with Gasteiger partial charge in [0.05, 0.1) is 5.41 Å². The Kier molecular flexibility index (Phi) is 4.01. The number of aromatic nitrogens is 2. The van der Waals surface area contributed by atoms with Crippen LogP contribution in [-0.2, 0) is 5.41 Å². The number of halogens is 1. The van der Waals surface area contributed by atoms with E-state index in [1.165, 1.54) is 25.0 Å². The molecule has 112 valence electrons. The number of hydrogen-bond donors (Lipinski definition) is 1. The first kappa shape index (κ1) is 14.2. The molecule has 0 radical (unpaired) electrons. The minimum Gasteiger partial charge on any atom is -0.338 e. The van der Waals surface area contributed by atoms with E-state index >= 15 is 0 Å². The van der Waals surface area contributed by atoms with Crippen LogP contribution in [0.15, 0.2) is 28.8 Å². The lowest BCUT2D eigenvalue weighted by atomic mass is 9.80. The molecule has 0 bridgehead atoms. The average Bonchev–Trinajstić information content (AvgIpc) is 2.87. The van der Waals surface area contributed by atoms with Gasteiger partial charge in [0, 0.05) is 12.1 Å². The molecule has 0 saturated heterocycles.